The molecule has 0 bridgehead atoms. The molecule has 2 rings (SSSR count). The molecule has 0 fully saturated rings. The summed E-state index contributed by atoms with van der Waals surface area (Å²) in [7, 11) is 0. The van der Waals surface area contributed by atoms with Gasteiger partial charge in [-0.25, -0.2) is 0 Å². The van der Waals surface area contributed by atoms with E-state index in [1.165, 1.54) is 0 Å². The zero-order valence-electron chi connectivity index (χ0n) is 6.48. The monoisotopic (exact) mass is 151 g/mol. The lowest BCUT2D eigenvalue weighted by molar-refractivity contribution is 0.433. The standard InChI is InChI=1S/C7H9N3O/c1-5(2)10-4-6-3-8-11-7(6)9-10/h3-5H,1-2H3. The number of rotatable bonds is 1. The summed E-state index contributed by atoms with van der Waals surface area (Å²) >= 11 is 0. The number of fused-ring (bicyclic) bond motifs is 1. The van der Waals surface area contributed by atoms with Gasteiger partial charge < -0.3 is 4.52 Å². The van der Waals surface area contributed by atoms with E-state index in [-0.39, 0.29) is 0 Å². The van der Waals surface area contributed by atoms with Crippen molar-refractivity contribution in [2.75, 3.05) is 0 Å². The molecule has 0 saturated carbocycles. The van der Waals surface area contributed by atoms with Gasteiger partial charge in [-0.1, -0.05) is 5.16 Å². The van der Waals surface area contributed by atoms with Crippen LogP contribution in [0.2, 0.25) is 0 Å². The van der Waals surface area contributed by atoms with Crippen LogP contribution < -0.4 is 0 Å². The maximum atomic E-state index is 4.87. The summed E-state index contributed by atoms with van der Waals surface area (Å²) in [5.41, 5.74) is 0.610. The highest BCUT2D eigenvalue weighted by Crippen LogP contribution is 2.13. The minimum absolute atomic E-state index is 0.373. The lowest BCUT2D eigenvalue weighted by atomic mass is 10.4. The van der Waals surface area contributed by atoms with Gasteiger partial charge in [0, 0.05) is 12.2 Å². The van der Waals surface area contributed by atoms with E-state index in [0.29, 0.717) is 11.8 Å². The smallest absolute Gasteiger partial charge is 0.275 e. The number of nitrogens with zero attached hydrogens (tertiary/aromatic N) is 3. The van der Waals surface area contributed by atoms with Crippen LogP contribution in [0.1, 0.15) is 19.9 Å². The number of aromatic nitrogens is 3. The largest absolute Gasteiger partial charge is 0.334 e. The Balaban J connectivity index is 2.58. The molecule has 0 aromatic carbocycles. The van der Waals surface area contributed by atoms with Gasteiger partial charge in [0.05, 0.1) is 11.6 Å². The lowest BCUT2D eigenvalue weighted by Crippen LogP contribution is -2.00. The van der Waals surface area contributed by atoms with Crippen molar-refractivity contribution in [1.82, 2.24) is 14.9 Å². The van der Waals surface area contributed by atoms with Crippen molar-refractivity contribution < 1.29 is 4.52 Å². The van der Waals surface area contributed by atoms with Crippen LogP contribution >= 0.6 is 0 Å². The average Bonchev–Trinajstić information content (AvgIpc) is 2.40. The van der Waals surface area contributed by atoms with Gasteiger partial charge in [0.1, 0.15) is 0 Å². The predicted molar refractivity (Wildman–Crippen MR) is 40.2 cm³/mol. The fraction of sp³-hybridized carbons (Fsp3) is 0.429. The molecular formula is C7H9N3O. The van der Waals surface area contributed by atoms with Crippen LogP contribution in [0.4, 0.5) is 0 Å². The van der Waals surface area contributed by atoms with Crippen molar-refractivity contribution in [1.29, 1.82) is 0 Å². The van der Waals surface area contributed by atoms with Gasteiger partial charge in [0.2, 0.25) is 0 Å². The average molecular weight is 151 g/mol. The molecule has 0 aliphatic heterocycles. The van der Waals surface area contributed by atoms with Gasteiger partial charge in [0.25, 0.3) is 5.71 Å². The molecule has 0 spiro atoms. The SMILES string of the molecule is CC(C)n1cc2cnoc2n1. The summed E-state index contributed by atoms with van der Waals surface area (Å²) in [6, 6.07) is 0.373. The maximum absolute atomic E-state index is 4.87. The normalized spacial score (nSPS) is 11.5. The molecular weight excluding hydrogens is 142 g/mol. The Morgan fingerprint density at radius 1 is 1.55 bits per heavy atom. The van der Waals surface area contributed by atoms with Crippen molar-refractivity contribution in [3.63, 3.8) is 0 Å². The van der Waals surface area contributed by atoms with E-state index in [4.69, 9.17) is 4.52 Å². The molecule has 4 nitrogen and oxygen atoms in total. The van der Waals surface area contributed by atoms with Crippen LogP contribution in [0.5, 0.6) is 0 Å². The van der Waals surface area contributed by atoms with Crippen molar-refractivity contribution in [2.45, 2.75) is 19.9 Å². The molecule has 4 heteroatoms. The van der Waals surface area contributed by atoms with Crippen molar-refractivity contribution in [3.05, 3.63) is 12.4 Å². The van der Waals surface area contributed by atoms with E-state index < -0.39 is 0 Å². The summed E-state index contributed by atoms with van der Waals surface area (Å²) in [6.45, 7) is 4.14. The third-order valence-electron chi connectivity index (χ3n) is 1.58. The zero-order chi connectivity index (χ0) is 7.84. The molecule has 2 heterocycles. The van der Waals surface area contributed by atoms with Crippen LogP contribution in [0.3, 0.4) is 0 Å². The molecule has 0 radical (unpaired) electrons. The van der Waals surface area contributed by atoms with Crippen molar-refractivity contribution >= 4 is 11.1 Å². The minimum atomic E-state index is 0.373. The summed E-state index contributed by atoms with van der Waals surface area (Å²) in [6.07, 6.45) is 3.59. The molecule has 11 heavy (non-hydrogen) atoms. The zero-order valence-corrected chi connectivity index (χ0v) is 6.48. The second kappa shape index (κ2) is 2.08. The highest BCUT2D eigenvalue weighted by atomic mass is 16.5. The molecule has 0 amide bonds. The van der Waals surface area contributed by atoms with Crippen LogP contribution in [0, 0.1) is 0 Å². The van der Waals surface area contributed by atoms with Crippen molar-refractivity contribution in [2.24, 2.45) is 0 Å². The summed E-state index contributed by atoms with van der Waals surface area (Å²) < 4.78 is 6.72. The van der Waals surface area contributed by atoms with E-state index in [0.717, 1.165) is 5.39 Å². The van der Waals surface area contributed by atoms with Gasteiger partial charge >= 0.3 is 0 Å². The van der Waals surface area contributed by atoms with Crippen LogP contribution in [0.15, 0.2) is 16.9 Å². The second-order valence-corrected chi connectivity index (χ2v) is 2.79. The Labute approximate surface area is 63.8 Å². The van der Waals surface area contributed by atoms with E-state index >= 15 is 0 Å². The van der Waals surface area contributed by atoms with Crippen molar-refractivity contribution in [3.8, 4) is 0 Å². The quantitative estimate of drug-likeness (QED) is 0.621. The van der Waals surface area contributed by atoms with Crippen LogP contribution in [0.25, 0.3) is 11.1 Å². The Morgan fingerprint density at radius 3 is 3.00 bits per heavy atom. The first kappa shape index (κ1) is 6.39. The Kier molecular flexibility index (Phi) is 1.21. The number of hydrogen-bond acceptors (Lipinski definition) is 3. The second-order valence-electron chi connectivity index (χ2n) is 2.79. The molecule has 0 saturated heterocycles. The van der Waals surface area contributed by atoms with Gasteiger partial charge in [-0.3, -0.25) is 4.68 Å². The van der Waals surface area contributed by atoms with E-state index in [2.05, 4.69) is 24.1 Å². The van der Waals surface area contributed by atoms with Gasteiger partial charge in [0.15, 0.2) is 0 Å². The van der Waals surface area contributed by atoms with Crippen LogP contribution in [-0.4, -0.2) is 14.9 Å². The molecule has 2 aromatic rings. The Morgan fingerprint density at radius 2 is 2.36 bits per heavy atom. The van der Waals surface area contributed by atoms with Gasteiger partial charge in [-0.2, -0.15) is 0 Å². The topological polar surface area (TPSA) is 43.9 Å². The molecule has 0 aliphatic rings. The van der Waals surface area contributed by atoms with E-state index in [9.17, 15) is 0 Å². The first-order valence-corrected chi connectivity index (χ1v) is 3.57. The first-order valence-electron chi connectivity index (χ1n) is 3.57. The summed E-state index contributed by atoms with van der Waals surface area (Å²) in [5, 5.41) is 8.73. The Bertz CT molecular complexity index is 332. The molecule has 0 N–H and O–H groups in total. The van der Waals surface area contributed by atoms with E-state index in [1.54, 1.807) is 6.20 Å². The maximum Gasteiger partial charge on any atom is 0.275 e. The fourth-order valence-electron chi connectivity index (χ4n) is 0.946. The van der Waals surface area contributed by atoms with Gasteiger partial charge in [-0.05, 0) is 13.8 Å². The third kappa shape index (κ3) is 0.906. The Hall–Kier alpha value is -1.32. The number of hydrogen-bond donors (Lipinski definition) is 0. The van der Waals surface area contributed by atoms with E-state index in [1.807, 2.05) is 10.9 Å². The fourth-order valence-corrected chi connectivity index (χ4v) is 0.946. The summed E-state index contributed by atoms with van der Waals surface area (Å²) in [5.74, 6) is 0. The summed E-state index contributed by atoms with van der Waals surface area (Å²) in [4.78, 5) is 0. The molecule has 2 aromatic heterocycles. The first-order chi connectivity index (χ1) is 5.27. The molecule has 0 atom stereocenters. The van der Waals surface area contributed by atoms with Gasteiger partial charge in [-0.15, -0.1) is 5.10 Å². The highest BCUT2D eigenvalue weighted by Gasteiger charge is 2.05. The lowest BCUT2D eigenvalue weighted by Gasteiger charge is -2.01. The predicted octanol–water partition coefficient (Wildman–Crippen LogP) is 1.61. The highest BCUT2D eigenvalue weighted by molar-refractivity contribution is 5.70. The minimum Gasteiger partial charge on any atom is -0.334 e. The van der Waals surface area contributed by atoms with Crippen LogP contribution in [-0.2, 0) is 0 Å². The molecule has 58 valence electrons. The third-order valence-corrected chi connectivity index (χ3v) is 1.58. The molecule has 0 unspecified atom stereocenters. The molecule has 0 aliphatic carbocycles.